The van der Waals surface area contributed by atoms with E-state index in [-0.39, 0.29) is 5.54 Å². The zero-order valence-electron chi connectivity index (χ0n) is 8.96. The van der Waals surface area contributed by atoms with Crippen molar-refractivity contribution in [2.45, 2.75) is 44.2 Å². The molecule has 0 spiro atoms. The third kappa shape index (κ3) is 2.44. The van der Waals surface area contributed by atoms with E-state index in [1.807, 2.05) is 11.8 Å². The van der Waals surface area contributed by atoms with Gasteiger partial charge in [0.1, 0.15) is 0 Å². The first-order valence-corrected chi connectivity index (χ1v) is 6.92. The highest BCUT2D eigenvalue weighted by atomic mass is 32.2. The molecular formula is C11H21NOS. The fourth-order valence-corrected chi connectivity index (χ4v) is 3.03. The van der Waals surface area contributed by atoms with E-state index in [4.69, 9.17) is 0 Å². The molecule has 0 aromatic rings. The number of rotatable bonds is 7. The van der Waals surface area contributed by atoms with Crippen molar-refractivity contribution >= 4 is 11.8 Å². The summed E-state index contributed by atoms with van der Waals surface area (Å²) in [6.45, 7) is 2.51. The van der Waals surface area contributed by atoms with Gasteiger partial charge in [0.15, 0.2) is 0 Å². The van der Waals surface area contributed by atoms with E-state index in [0.717, 1.165) is 17.4 Å². The lowest BCUT2D eigenvalue weighted by Crippen LogP contribution is -2.53. The molecule has 0 bridgehead atoms. The summed E-state index contributed by atoms with van der Waals surface area (Å²) in [7, 11) is 0. The van der Waals surface area contributed by atoms with Crippen molar-refractivity contribution < 1.29 is 5.11 Å². The van der Waals surface area contributed by atoms with Gasteiger partial charge in [-0.3, -0.25) is 0 Å². The maximum absolute atomic E-state index is 9.61. The van der Waals surface area contributed by atoms with Crippen LogP contribution in [0, 0.1) is 5.92 Å². The van der Waals surface area contributed by atoms with Gasteiger partial charge in [0.05, 0.1) is 12.1 Å². The van der Waals surface area contributed by atoms with E-state index in [1.165, 1.54) is 25.7 Å². The third-order valence-corrected chi connectivity index (χ3v) is 4.40. The SMILES string of the molecule is CCSCC(CO)(NC1CC1)C1CC1. The minimum Gasteiger partial charge on any atom is -0.394 e. The van der Waals surface area contributed by atoms with Crippen molar-refractivity contribution in [1.29, 1.82) is 0 Å². The molecule has 1 unspecified atom stereocenters. The lowest BCUT2D eigenvalue weighted by Gasteiger charge is -2.33. The highest BCUT2D eigenvalue weighted by molar-refractivity contribution is 7.99. The van der Waals surface area contributed by atoms with Crippen molar-refractivity contribution in [3.63, 3.8) is 0 Å². The van der Waals surface area contributed by atoms with E-state index in [9.17, 15) is 5.11 Å². The molecule has 2 rings (SSSR count). The highest BCUT2D eigenvalue weighted by Gasteiger charge is 2.46. The van der Waals surface area contributed by atoms with Crippen LogP contribution in [0.5, 0.6) is 0 Å². The predicted octanol–water partition coefficient (Wildman–Crippen LogP) is 1.63. The average Bonchev–Trinajstić information content (AvgIpc) is 3.02. The van der Waals surface area contributed by atoms with Crippen LogP contribution >= 0.6 is 11.8 Å². The van der Waals surface area contributed by atoms with Gasteiger partial charge in [-0.05, 0) is 37.4 Å². The zero-order valence-corrected chi connectivity index (χ0v) is 9.78. The summed E-state index contributed by atoms with van der Waals surface area (Å²) in [5.41, 5.74) is 0.0574. The maximum atomic E-state index is 9.61. The largest absolute Gasteiger partial charge is 0.394 e. The summed E-state index contributed by atoms with van der Waals surface area (Å²) in [6, 6.07) is 0.709. The molecule has 2 saturated carbocycles. The van der Waals surface area contributed by atoms with Gasteiger partial charge in [-0.15, -0.1) is 0 Å². The fraction of sp³-hybridized carbons (Fsp3) is 1.00. The summed E-state index contributed by atoms with van der Waals surface area (Å²) in [4.78, 5) is 0. The Morgan fingerprint density at radius 1 is 1.36 bits per heavy atom. The number of aliphatic hydroxyl groups excluding tert-OH is 1. The molecule has 2 aliphatic carbocycles. The molecule has 0 aliphatic heterocycles. The van der Waals surface area contributed by atoms with Gasteiger partial charge in [0.25, 0.3) is 0 Å². The molecule has 0 aromatic carbocycles. The minimum absolute atomic E-state index is 0.0574. The van der Waals surface area contributed by atoms with Crippen molar-refractivity contribution in [1.82, 2.24) is 5.32 Å². The van der Waals surface area contributed by atoms with E-state index in [1.54, 1.807) is 0 Å². The third-order valence-electron chi connectivity index (χ3n) is 3.27. The van der Waals surface area contributed by atoms with E-state index < -0.39 is 0 Å². The van der Waals surface area contributed by atoms with Crippen LogP contribution in [0.25, 0.3) is 0 Å². The van der Waals surface area contributed by atoms with E-state index in [0.29, 0.717) is 12.6 Å². The molecule has 14 heavy (non-hydrogen) atoms. The van der Waals surface area contributed by atoms with Crippen LogP contribution in [0.4, 0.5) is 0 Å². The number of hydrogen-bond acceptors (Lipinski definition) is 3. The summed E-state index contributed by atoms with van der Waals surface area (Å²) < 4.78 is 0. The molecule has 0 aromatic heterocycles. The molecule has 3 heteroatoms. The standard InChI is InChI=1S/C11H21NOS/c1-2-14-8-11(7-13,9-3-4-9)12-10-5-6-10/h9-10,12-13H,2-8H2,1H3. The Kier molecular flexibility index (Phi) is 3.40. The Labute approximate surface area is 90.8 Å². The summed E-state index contributed by atoms with van der Waals surface area (Å²) in [5.74, 6) is 2.98. The lowest BCUT2D eigenvalue weighted by molar-refractivity contribution is 0.157. The van der Waals surface area contributed by atoms with Crippen LogP contribution in [-0.4, -0.2) is 34.8 Å². The highest BCUT2D eigenvalue weighted by Crippen LogP contribution is 2.42. The monoisotopic (exact) mass is 215 g/mol. The molecular weight excluding hydrogens is 194 g/mol. The smallest absolute Gasteiger partial charge is 0.0624 e. The van der Waals surface area contributed by atoms with Gasteiger partial charge >= 0.3 is 0 Å². The number of thioether (sulfide) groups is 1. The first-order chi connectivity index (χ1) is 6.80. The first-order valence-electron chi connectivity index (χ1n) is 5.77. The molecule has 0 radical (unpaired) electrons. The Bertz CT molecular complexity index is 192. The normalized spacial score (nSPS) is 26.1. The van der Waals surface area contributed by atoms with E-state index in [2.05, 4.69) is 12.2 Å². The minimum atomic E-state index is 0.0574. The lowest BCUT2D eigenvalue weighted by atomic mass is 9.96. The second-order valence-electron chi connectivity index (χ2n) is 4.64. The summed E-state index contributed by atoms with van der Waals surface area (Å²) in [5, 5.41) is 13.3. The van der Waals surface area contributed by atoms with Crippen LogP contribution in [0.15, 0.2) is 0 Å². The van der Waals surface area contributed by atoms with Gasteiger partial charge in [-0.1, -0.05) is 6.92 Å². The molecule has 82 valence electrons. The Morgan fingerprint density at radius 3 is 2.50 bits per heavy atom. The Morgan fingerprint density at radius 2 is 2.07 bits per heavy atom. The van der Waals surface area contributed by atoms with Gasteiger partial charge in [-0.25, -0.2) is 0 Å². The van der Waals surface area contributed by atoms with Crippen LogP contribution in [-0.2, 0) is 0 Å². The fourth-order valence-electron chi connectivity index (χ4n) is 2.05. The van der Waals surface area contributed by atoms with Crippen LogP contribution in [0.1, 0.15) is 32.6 Å². The number of aliphatic hydroxyl groups is 1. The molecule has 0 heterocycles. The molecule has 0 saturated heterocycles. The number of nitrogens with one attached hydrogen (secondary N) is 1. The van der Waals surface area contributed by atoms with Crippen LogP contribution in [0.3, 0.4) is 0 Å². The topological polar surface area (TPSA) is 32.3 Å². The number of hydrogen-bond donors (Lipinski definition) is 2. The quantitative estimate of drug-likeness (QED) is 0.677. The van der Waals surface area contributed by atoms with Crippen molar-refractivity contribution in [3.05, 3.63) is 0 Å². The molecule has 0 amide bonds. The molecule has 1 atom stereocenters. The second-order valence-corrected chi connectivity index (χ2v) is 5.92. The first kappa shape index (κ1) is 10.8. The average molecular weight is 215 g/mol. The van der Waals surface area contributed by atoms with Gasteiger partial charge in [-0.2, -0.15) is 11.8 Å². The summed E-state index contributed by atoms with van der Waals surface area (Å²) in [6.07, 6.45) is 5.24. The van der Waals surface area contributed by atoms with Crippen molar-refractivity contribution in [2.24, 2.45) is 5.92 Å². The second kappa shape index (κ2) is 4.42. The van der Waals surface area contributed by atoms with Crippen molar-refractivity contribution in [2.75, 3.05) is 18.1 Å². The predicted molar refractivity (Wildman–Crippen MR) is 61.7 cm³/mol. The Balaban J connectivity index is 1.91. The zero-order chi connectivity index (χ0) is 10.0. The van der Waals surface area contributed by atoms with Gasteiger partial charge < -0.3 is 10.4 Å². The van der Waals surface area contributed by atoms with Gasteiger partial charge in [0, 0.05) is 11.8 Å². The molecule has 2 N–H and O–H groups in total. The van der Waals surface area contributed by atoms with Crippen molar-refractivity contribution in [3.8, 4) is 0 Å². The van der Waals surface area contributed by atoms with Crippen LogP contribution in [0.2, 0.25) is 0 Å². The van der Waals surface area contributed by atoms with E-state index >= 15 is 0 Å². The van der Waals surface area contributed by atoms with Crippen LogP contribution < -0.4 is 5.32 Å². The molecule has 2 aliphatic rings. The molecule has 2 nitrogen and oxygen atoms in total. The van der Waals surface area contributed by atoms with Gasteiger partial charge in [0.2, 0.25) is 0 Å². The summed E-state index contributed by atoms with van der Waals surface area (Å²) >= 11 is 1.96. The molecule has 2 fully saturated rings. The maximum Gasteiger partial charge on any atom is 0.0624 e. The Hall–Kier alpha value is 0.270.